The van der Waals surface area contributed by atoms with Crippen molar-refractivity contribution in [2.45, 2.75) is 0 Å². The molecule has 0 radical (unpaired) electrons. The lowest BCUT2D eigenvalue weighted by molar-refractivity contribution is -0.384. The second-order valence-corrected chi connectivity index (χ2v) is 4.60. The Balaban J connectivity index is 2.30. The zero-order valence-corrected chi connectivity index (χ0v) is 11.6. The summed E-state index contributed by atoms with van der Waals surface area (Å²) in [6, 6.07) is 4.80. The van der Waals surface area contributed by atoms with Crippen molar-refractivity contribution >= 4 is 34.9 Å². The Bertz CT molecular complexity index is 674. The molecule has 0 aliphatic carbocycles. The van der Waals surface area contributed by atoms with Gasteiger partial charge in [-0.3, -0.25) is 10.1 Å². The lowest BCUT2D eigenvalue weighted by Crippen LogP contribution is -1.99. The number of nitrogens with zero attached hydrogens (tertiary/aromatic N) is 2. The average Bonchev–Trinajstić information content (AvgIpc) is 2.42. The fourth-order valence-corrected chi connectivity index (χ4v) is 1.83. The minimum atomic E-state index is -1.18. The fraction of sp³-hybridized carbons (Fsp3) is 0. The minimum Gasteiger partial charge on any atom is -0.478 e. The number of carboxylic acid groups (broad SMARTS) is 1. The summed E-state index contributed by atoms with van der Waals surface area (Å²) in [5.74, 6) is -1.12. The third-order valence-electron chi connectivity index (χ3n) is 2.39. The van der Waals surface area contributed by atoms with E-state index in [-0.39, 0.29) is 32.9 Å². The summed E-state index contributed by atoms with van der Waals surface area (Å²) in [5.41, 5.74) is -0.283. The summed E-state index contributed by atoms with van der Waals surface area (Å²) >= 11 is 11.7. The highest BCUT2D eigenvalue weighted by Gasteiger charge is 2.14. The van der Waals surface area contributed by atoms with Crippen LogP contribution in [0.5, 0.6) is 11.6 Å². The van der Waals surface area contributed by atoms with Crippen molar-refractivity contribution in [3.63, 3.8) is 0 Å². The van der Waals surface area contributed by atoms with E-state index in [2.05, 4.69) is 4.98 Å². The van der Waals surface area contributed by atoms with Crippen molar-refractivity contribution in [3.05, 3.63) is 56.2 Å². The molecule has 0 unspecified atom stereocenters. The first-order valence-corrected chi connectivity index (χ1v) is 6.14. The molecule has 9 heteroatoms. The van der Waals surface area contributed by atoms with Gasteiger partial charge in [-0.2, -0.15) is 0 Å². The van der Waals surface area contributed by atoms with Gasteiger partial charge in [0.2, 0.25) is 5.88 Å². The van der Waals surface area contributed by atoms with Crippen molar-refractivity contribution in [1.82, 2.24) is 4.98 Å². The number of aromatic carboxylic acids is 1. The van der Waals surface area contributed by atoms with Gasteiger partial charge in [0.1, 0.15) is 10.8 Å². The minimum absolute atomic E-state index is 0.00405. The first-order valence-electron chi connectivity index (χ1n) is 5.39. The van der Waals surface area contributed by atoms with Crippen LogP contribution in [0.15, 0.2) is 30.5 Å². The SMILES string of the molecule is O=C(O)c1cnc(Oc2ccc([N+](=O)[O-])cc2Cl)c(Cl)c1. The van der Waals surface area contributed by atoms with Crippen LogP contribution in [0.4, 0.5) is 5.69 Å². The summed E-state index contributed by atoms with van der Waals surface area (Å²) < 4.78 is 5.32. The van der Waals surface area contributed by atoms with Gasteiger partial charge in [-0.1, -0.05) is 23.2 Å². The molecule has 2 rings (SSSR count). The standard InChI is InChI=1S/C12H6Cl2N2O5/c13-8-4-7(16(19)20)1-2-10(8)21-11-9(14)3-6(5-15-11)12(17)18/h1-5H,(H,17,18). The van der Waals surface area contributed by atoms with E-state index in [0.717, 1.165) is 12.3 Å². The van der Waals surface area contributed by atoms with Crippen molar-refractivity contribution in [3.8, 4) is 11.6 Å². The molecule has 0 aliphatic heterocycles. The van der Waals surface area contributed by atoms with E-state index in [1.807, 2.05) is 0 Å². The van der Waals surface area contributed by atoms with Gasteiger partial charge in [0, 0.05) is 18.3 Å². The number of ether oxygens (including phenoxy) is 1. The predicted molar refractivity (Wildman–Crippen MR) is 74.4 cm³/mol. The normalized spacial score (nSPS) is 10.2. The molecular formula is C12H6Cl2N2O5. The molecule has 108 valence electrons. The Hall–Kier alpha value is -2.38. The molecule has 1 N–H and O–H groups in total. The van der Waals surface area contributed by atoms with Crippen LogP contribution < -0.4 is 4.74 Å². The molecule has 21 heavy (non-hydrogen) atoms. The number of carboxylic acids is 1. The number of pyridine rings is 1. The second-order valence-electron chi connectivity index (χ2n) is 3.79. The van der Waals surface area contributed by atoms with Crippen LogP contribution in [0.25, 0.3) is 0 Å². The maximum atomic E-state index is 10.8. The predicted octanol–water partition coefficient (Wildman–Crippen LogP) is 3.79. The first kappa shape index (κ1) is 15.0. The van der Waals surface area contributed by atoms with E-state index in [4.69, 9.17) is 33.0 Å². The average molecular weight is 329 g/mol. The summed E-state index contributed by atoms with van der Waals surface area (Å²) in [5, 5.41) is 19.4. The number of rotatable bonds is 4. The van der Waals surface area contributed by atoms with Crippen LogP contribution in [0.1, 0.15) is 10.4 Å². The van der Waals surface area contributed by atoms with Gasteiger partial charge in [0.05, 0.1) is 15.5 Å². The van der Waals surface area contributed by atoms with Gasteiger partial charge in [-0.05, 0) is 12.1 Å². The highest BCUT2D eigenvalue weighted by atomic mass is 35.5. The molecule has 0 bridgehead atoms. The molecule has 0 atom stereocenters. The van der Waals surface area contributed by atoms with E-state index in [1.165, 1.54) is 18.2 Å². The summed E-state index contributed by atoms with van der Waals surface area (Å²) in [6.45, 7) is 0. The van der Waals surface area contributed by atoms with E-state index < -0.39 is 10.9 Å². The highest BCUT2D eigenvalue weighted by Crippen LogP contribution is 2.34. The molecule has 7 nitrogen and oxygen atoms in total. The van der Waals surface area contributed by atoms with E-state index >= 15 is 0 Å². The Morgan fingerprint density at radius 1 is 1.29 bits per heavy atom. The van der Waals surface area contributed by atoms with Crippen LogP contribution in [0, 0.1) is 10.1 Å². The Kier molecular flexibility index (Phi) is 4.25. The molecule has 1 heterocycles. The smallest absolute Gasteiger partial charge is 0.337 e. The lowest BCUT2D eigenvalue weighted by atomic mass is 10.3. The maximum Gasteiger partial charge on any atom is 0.337 e. The maximum absolute atomic E-state index is 10.8. The molecule has 1 aromatic heterocycles. The molecular weight excluding hydrogens is 323 g/mol. The molecule has 0 saturated heterocycles. The Labute approximate surface area is 127 Å². The quantitative estimate of drug-likeness (QED) is 0.676. The molecule has 2 aromatic rings. The zero-order chi connectivity index (χ0) is 15.6. The monoisotopic (exact) mass is 328 g/mol. The molecule has 0 aliphatic rings. The number of nitro groups is 1. The molecule has 1 aromatic carbocycles. The van der Waals surface area contributed by atoms with E-state index in [9.17, 15) is 14.9 Å². The van der Waals surface area contributed by atoms with Gasteiger partial charge in [-0.15, -0.1) is 0 Å². The van der Waals surface area contributed by atoms with Crippen LogP contribution in [-0.4, -0.2) is 21.0 Å². The van der Waals surface area contributed by atoms with Crippen LogP contribution in [-0.2, 0) is 0 Å². The Morgan fingerprint density at radius 2 is 2.00 bits per heavy atom. The number of halogens is 2. The van der Waals surface area contributed by atoms with Gasteiger partial charge in [0.15, 0.2) is 0 Å². The second kappa shape index (κ2) is 5.94. The number of nitro benzene ring substituents is 1. The molecule has 0 fully saturated rings. The van der Waals surface area contributed by atoms with Gasteiger partial charge >= 0.3 is 5.97 Å². The highest BCUT2D eigenvalue weighted by molar-refractivity contribution is 6.33. The van der Waals surface area contributed by atoms with Gasteiger partial charge in [-0.25, -0.2) is 9.78 Å². The zero-order valence-electron chi connectivity index (χ0n) is 10.1. The summed E-state index contributed by atoms with van der Waals surface area (Å²) in [6.07, 6.45) is 1.07. The third kappa shape index (κ3) is 3.39. The third-order valence-corrected chi connectivity index (χ3v) is 2.95. The number of non-ortho nitro benzene ring substituents is 1. The molecule has 0 spiro atoms. The molecule has 0 amide bonds. The van der Waals surface area contributed by atoms with Crippen molar-refractivity contribution in [2.24, 2.45) is 0 Å². The van der Waals surface area contributed by atoms with Crippen LogP contribution in [0.2, 0.25) is 10.0 Å². The van der Waals surface area contributed by atoms with Crippen molar-refractivity contribution < 1.29 is 19.6 Å². The number of carbonyl (C=O) groups is 1. The number of hydrogen-bond donors (Lipinski definition) is 1. The van der Waals surface area contributed by atoms with Gasteiger partial charge in [0.25, 0.3) is 5.69 Å². The van der Waals surface area contributed by atoms with Crippen LogP contribution in [0.3, 0.4) is 0 Å². The number of benzene rings is 1. The fourth-order valence-electron chi connectivity index (χ4n) is 1.41. The largest absolute Gasteiger partial charge is 0.478 e. The number of hydrogen-bond acceptors (Lipinski definition) is 5. The van der Waals surface area contributed by atoms with Crippen LogP contribution >= 0.6 is 23.2 Å². The van der Waals surface area contributed by atoms with Gasteiger partial charge < -0.3 is 9.84 Å². The Morgan fingerprint density at radius 3 is 2.52 bits per heavy atom. The van der Waals surface area contributed by atoms with Crippen molar-refractivity contribution in [1.29, 1.82) is 0 Å². The first-order chi connectivity index (χ1) is 9.88. The molecule has 0 saturated carbocycles. The summed E-state index contributed by atoms with van der Waals surface area (Å²) in [7, 11) is 0. The van der Waals surface area contributed by atoms with E-state index in [0.29, 0.717) is 0 Å². The topological polar surface area (TPSA) is 103 Å². The lowest BCUT2D eigenvalue weighted by Gasteiger charge is -2.08. The van der Waals surface area contributed by atoms with E-state index in [1.54, 1.807) is 0 Å². The summed E-state index contributed by atoms with van der Waals surface area (Å²) in [4.78, 5) is 24.5. The van der Waals surface area contributed by atoms with Crippen molar-refractivity contribution in [2.75, 3.05) is 0 Å². The number of aromatic nitrogens is 1.